The zero-order valence-electron chi connectivity index (χ0n) is 20.0. The van der Waals surface area contributed by atoms with E-state index in [1.807, 2.05) is 48.5 Å². The van der Waals surface area contributed by atoms with Crippen molar-refractivity contribution in [3.05, 3.63) is 68.8 Å². The minimum absolute atomic E-state index is 0.110. The molecule has 4 rings (SSSR count). The van der Waals surface area contributed by atoms with Crippen molar-refractivity contribution < 1.29 is 14.6 Å². The smallest absolute Gasteiger partial charge is 0.239 e. The van der Waals surface area contributed by atoms with Crippen molar-refractivity contribution in [3.8, 4) is 11.5 Å². The molecular formula is C26H34N4O5. The van der Waals surface area contributed by atoms with Gasteiger partial charge in [0.25, 0.3) is 0 Å². The molecule has 0 atom stereocenters. The van der Waals surface area contributed by atoms with Crippen molar-refractivity contribution in [1.29, 1.82) is 0 Å². The first kappa shape index (κ1) is 24.8. The van der Waals surface area contributed by atoms with Gasteiger partial charge < -0.3 is 15.4 Å². The first-order chi connectivity index (χ1) is 16.9. The molecular weight excluding hydrogens is 448 g/mol. The van der Waals surface area contributed by atoms with E-state index in [1.54, 1.807) is 0 Å². The lowest BCUT2D eigenvalue weighted by atomic mass is 9.82. The molecule has 0 amide bonds. The van der Waals surface area contributed by atoms with Crippen LogP contribution in [0, 0.1) is 20.2 Å². The van der Waals surface area contributed by atoms with Crippen LogP contribution in [0.2, 0.25) is 0 Å². The predicted octanol–water partition coefficient (Wildman–Crippen LogP) is 6.26. The number of hydrogen-bond donors (Lipinski definition) is 2. The van der Waals surface area contributed by atoms with Crippen molar-refractivity contribution in [1.82, 2.24) is 0 Å². The molecule has 2 saturated carbocycles. The van der Waals surface area contributed by atoms with E-state index in [2.05, 4.69) is 10.6 Å². The molecule has 0 bridgehead atoms. The topological polar surface area (TPSA) is 120 Å². The second kappa shape index (κ2) is 10.9. The Morgan fingerprint density at radius 1 is 0.629 bits per heavy atom. The van der Waals surface area contributed by atoms with Gasteiger partial charge in [0, 0.05) is 46.9 Å². The molecule has 0 saturated heterocycles. The monoisotopic (exact) mass is 482 g/mol. The number of rotatable bonds is 10. The second-order valence-corrected chi connectivity index (χ2v) is 9.94. The van der Waals surface area contributed by atoms with Crippen LogP contribution in [0.15, 0.2) is 48.5 Å². The van der Waals surface area contributed by atoms with E-state index >= 15 is 0 Å². The second-order valence-electron chi connectivity index (χ2n) is 9.94. The SMILES string of the molecule is O=[N+]([O-])C1(CNc2ccc(Oc3ccc(NCC4([N+](=O)[O-])CCCCC4)cc3)cc2)CCCCC1. The van der Waals surface area contributed by atoms with Crippen LogP contribution in [0.25, 0.3) is 0 Å². The molecule has 0 heterocycles. The number of ether oxygens (including phenoxy) is 1. The van der Waals surface area contributed by atoms with Gasteiger partial charge in [-0.25, -0.2) is 0 Å². The molecule has 0 radical (unpaired) electrons. The highest BCUT2D eigenvalue weighted by atomic mass is 16.6. The Morgan fingerprint density at radius 3 is 1.29 bits per heavy atom. The van der Waals surface area contributed by atoms with Crippen LogP contribution in [-0.4, -0.2) is 34.0 Å². The standard InChI is InChI=1S/C26H34N4O5/c31-29(32)25(15-3-1-4-16-25)19-27-21-7-11-23(12-8-21)35-24-13-9-22(10-14-24)28-20-26(30(33)34)17-5-2-6-18-26/h7-14,27-28H,1-6,15-20H2. The van der Waals surface area contributed by atoms with E-state index in [0.29, 0.717) is 50.3 Å². The summed E-state index contributed by atoms with van der Waals surface area (Å²) >= 11 is 0. The number of nitro groups is 2. The number of nitrogens with one attached hydrogen (secondary N) is 2. The number of benzene rings is 2. The van der Waals surface area contributed by atoms with Crippen molar-refractivity contribution in [2.75, 3.05) is 23.7 Å². The average Bonchev–Trinajstić information content (AvgIpc) is 2.89. The normalized spacial score (nSPS) is 18.9. The van der Waals surface area contributed by atoms with Crippen molar-refractivity contribution in [3.63, 3.8) is 0 Å². The minimum Gasteiger partial charge on any atom is -0.457 e. The van der Waals surface area contributed by atoms with Crippen LogP contribution in [0.1, 0.15) is 64.2 Å². The van der Waals surface area contributed by atoms with Gasteiger partial charge in [-0.3, -0.25) is 20.2 Å². The molecule has 2 aromatic rings. The molecule has 9 heteroatoms. The summed E-state index contributed by atoms with van der Waals surface area (Å²) in [4.78, 5) is 23.1. The summed E-state index contributed by atoms with van der Waals surface area (Å²) in [6, 6.07) is 14.8. The lowest BCUT2D eigenvalue weighted by Gasteiger charge is -2.29. The zero-order valence-corrected chi connectivity index (χ0v) is 20.0. The first-order valence-electron chi connectivity index (χ1n) is 12.6. The van der Waals surface area contributed by atoms with Gasteiger partial charge in [0.1, 0.15) is 11.5 Å². The van der Waals surface area contributed by atoms with Gasteiger partial charge in [-0.1, -0.05) is 12.8 Å². The Hall–Kier alpha value is -3.36. The van der Waals surface area contributed by atoms with Gasteiger partial charge in [0.15, 0.2) is 0 Å². The van der Waals surface area contributed by atoms with E-state index in [4.69, 9.17) is 4.74 Å². The van der Waals surface area contributed by atoms with E-state index in [0.717, 1.165) is 49.9 Å². The molecule has 2 N–H and O–H groups in total. The largest absolute Gasteiger partial charge is 0.457 e. The fourth-order valence-electron chi connectivity index (χ4n) is 5.22. The Labute approximate surface area is 205 Å². The molecule has 9 nitrogen and oxygen atoms in total. The average molecular weight is 483 g/mol. The Morgan fingerprint density at radius 2 is 0.971 bits per heavy atom. The fraction of sp³-hybridized carbons (Fsp3) is 0.538. The summed E-state index contributed by atoms with van der Waals surface area (Å²) in [7, 11) is 0. The maximum atomic E-state index is 11.7. The van der Waals surface area contributed by atoms with E-state index in [1.165, 1.54) is 0 Å². The highest BCUT2D eigenvalue weighted by Gasteiger charge is 2.44. The maximum Gasteiger partial charge on any atom is 0.239 e. The number of nitrogens with zero attached hydrogens (tertiary/aromatic N) is 2. The summed E-state index contributed by atoms with van der Waals surface area (Å²) in [5.41, 5.74) is -0.101. The van der Waals surface area contributed by atoms with Crippen LogP contribution in [-0.2, 0) is 0 Å². The Bertz CT molecular complexity index is 916. The molecule has 2 aliphatic carbocycles. The van der Waals surface area contributed by atoms with Gasteiger partial charge in [-0.05, 0) is 74.2 Å². The molecule has 2 aromatic carbocycles. The van der Waals surface area contributed by atoms with Gasteiger partial charge in [0.2, 0.25) is 11.1 Å². The van der Waals surface area contributed by atoms with Crippen LogP contribution >= 0.6 is 0 Å². The summed E-state index contributed by atoms with van der Waals surface area (Å²) in [5.74, 6) is 1.32. The summed E-state index contributed by atoms with van der Waals surface area (Å²) in [6.45, 7) is 0.652. The van der Waals surface area contributed by atoms with Gasteiger partial charge in [-0.15, -0.1) is 0 Å². The van der Waals surface area contributed by atoms with Crippen LogP contribution in [0.4, 0.5) is 11.4 Å². The first-order valence-corrected chi connectivity index (χ1v) is 12.6. The van der Waals surface area contributed by atoms with E-state index < -0.39 is 11.1 Å². The van der Waals surface area contributed by atoms with Crippen molar-refractivity contribution in [2.45, 2.75) is 75.3 Å². The zero-order chi connectivity index (χ0) is 24.7. The molecule has 0 aliphatic heterocycles. The third-order valence-electron chi connectivity index (χ3n) is 7.53. The third-order valence-corrected chi connectivity index (χ3v) is 7.53. The van der Waals surface area contributed by atoms with Crippen molar-refractivity contribution in [2.24, 2.45) is 0 Å². The Kier molecular flexibility index (Phi) is 7.73. The molecule has 188 valence electrons. The fourth-order valence-corrected chi connectivity index (χ4v) is 5.22. The molecule has 0 aromatic heterocycles. The van der Waals surface area contributed by atoms with Crippen LogP contribution in [0.3, 0.4) is 0 Å². The van der Waals surface area contributed by atoms with Crippen molar-refractivity contribution >= 4 is 11.4 Å². The summed E-state index contributed by atoms with van der Waals surface area (Å²) in [6.07, 6.45) is 8.22. The van der Waals surface area contributed by atoms with Gasteiger partial charge in [0.05, 0.1) is 13.1 Å². The maximum absolute atomic E-state index is 11.7. The highest BCUT2D eigenvalue weighted by Crippen LogP contribution is 2.33. The molecule has 35 heavy (non-hydrogen) atoms. The lowest BCUT2D eigenvalue weighted by Crippen LogP contribution is -2.46. The van der Waals surface area contributed by atoms with Gasteiger partial charge in [-0.2, -0.15) is 0 Å². The number of anilines is 2. The van der Waals surface area contributed by atoms with Crippen LogP contribution in [0.5, 0.6) is 11.5 Å². The molecule has 0 spiro atoms. The third kappa shape index (κ3) is 6.01. The molecule has 2 fully saturated rings. The lowest BCUT2D eigenvalue weighted by molar-refractivity contribution is -0.570. The molecule has 2 aliphatic rings. The predicted molar refractivity (Wildman–Crippen MR) is 136 cm³/mol. The van der Waals surface area contributed by atoms with E-state index in [9.17, 15) is 20.2 Å². The van der Waals surface area contributed by atoms with Crippen LogP contribution < -0.4 is 15.4 Å². The minimum atomic E-state index is -0.875. The van der Waals surface area contributed by atoms with Gasteiger partial charge >= 0.3 is 0 Å². The Balaban J connectivity index is 1.29. The molecule has 0 unspecified atom stereocenters. The summed E-state index contributed by atoms with van der Waals surface area (Å²) in [5, 5.41) is 29.8. The quantitative estimate of drug-likeness (QED) is 0.303. The van der Waals surface area contributed by atoms with E-state index in [-0.39, 0.29) is 9.85 Å². The number of hydrogen-bond acceptors (Lipinski definition) is 7. The highest BCUT2D eigenvalue weighted by molar-refractivity contribution is 5.49. The summed E-state index contributed by atoms with van der Waals surface area (Å²) < 4.78 is 5.92.